The second-order valence-corrected chi connectivity index (χ2v) is 14.8. The maximum absolute atomic E-state index is 16.7. The standard InChI is InChI=1S/C44H42F2N8/c45-43-31-7-1-8-32(43)20-52-25-37-13-5-16-40(49-37)28-53-21-33-9-2-10-34(44(33)46)22-54(30-42-18-6-14-38(26-52)50-42)29-41-17-4-12-36(48-41)24-51(19-31)23-35-11-3-15-39(27-53)47-35/h1-18H,19-30H2. The summed E-state index contributed by atoms with van der Waals surface area (Å²) < 4.78 is 33.4. The molecule has 0 atom stereocenters. The maximum atomic E-state index is 16.7. The van der Waals surface area contributed by atoms with E-state index in [2.05, 4.69) is 19.6 Å². The van der Waals surface area contributed by atoms with E-state index in [1.165, 1.54) is 0 Å². The Hall–Kier alpha value is -5.26. The molecule has 4 aliphatic heterocycles. The maximum Gasteiger partial charge on any atom is 0.132 e. The molecule has 0 amide bonds. The van der Waals surface area contributed by atoms with E-state index in [-0.39, 0.29) is 11.6 Å². The van der Waals surface area contributed by atoms with Gasteiger partial charge in [-0.05, 0) is 48.5 Å². The SMILES string of the molecule is Fc1c2cccc1CN1Cc3cccc(n3)CN3Cc4cccc(n4)CN(Cc4cccc(n4)CN(Cc4cccc(n4)C1)Cc1cccc(c1F)C3)C2. The van der Waals surface area contributed by atoms with Crippen LogP contribution in [0.25, 0.3) is 0 Å². The number of aromatic nitrogens is 4. The minimum absolute atomic E-state index is 0.197. The molecule has 4 aliphatic rings. The minimum atomic E-state index is -0.197. The monoisotopic (exact) mass is 720 g/mol. The predicted molar refractivity (Wildman–Crippen MR) is 202 cm³/mol. The fourth-order valence-corrected chi connectivity index (χ4v) is 8.04. The van der Waals surface area contributed by atoms with Crippen LogP contribution in [0.4, 0.5) is 8.78 Å². The number of benzene rings is 2. The Morgan fingerprint density at radius 2 is 0.463 bits per heavy atom. The van der Waals surface area contributed by atoms with Crippen LogP contribution in [0, 0.1) is 11.6 Å². The van der Waals surface area contributed by atoms with E-state index in [0.29, 0.717) is 101 Å². The van der Waals surface area contributed by atoms with Gasteiger partial charge >= 0.3 is 0 Å². The molecule has 272 valence electrons. The summed E-state index contributed by atoms with van der Waals surface area (Å²) in [5, 5.41) is 0. The Morgan fingerprint density at radius 3 is 0.667 bits per heavy atom. The average molecular weight is 721 g/mol. The van der Waals surface area contributed by atoms with Crippen LogP contribution in [0.1, 0.15) is 67.8 Å². The smallest absolute Gasteiger partial charge is 0.132 e. The highest BCUT2D eigenvalue weighted by atomic mass is 19.1. The molecule has 10 rings (SSSR count). The Kier molecular flexibility index (Phi) is 9.73. The molecule has 54 heavy (non-hydrogen) atoms. The van der Waals surface area contributed by atoms with Gasteiger partial charge in [-0.2, -0.15) is 0 Å². The van der Waals surface area contributed by atoms with Crippen LogP contribution >= 0.6 is 0 Å². The van der Waals surface area contributed by atoms with Crippen molar-refractivity contribution in [3.8, 4) is 0 Å². The summed E-state index contributed by atoms with van der Waals surface area (Å²) in [5.41, 5.74) is 9.55. The zero-order valence-corrected chi connectivity index (χ0v) is 30.2. The predicted octanol–water partition coefficient (Wildman–Crippen LogP) is 7.29. The molecule has 4 aromatic heterocycles. The summed E-state index contributed by atoms with van der Waals surface area (Å²) in [6, 6.07) is 35.8. The van der Waals surface area contributed by atoms with Crippen molar-refractivity contribution in [2.75, 3.05) is 0 Å². The first-order chi connectivity index (χ1) is 26.5. The third kappa shape index (κ3) is 7.97. The van der Waals surface area contributed by atoms with E-state index in [1.54, 1.807) is 0 Å². The lowest BCUT2D eigenvalue weighted by Gasteiger charge is -2.28. The van der Waals surface area contributed by atoms with Gasteiger partial charge in [0.15, 0.2) is 0 Å². The normalized spacial score (nSPS) is 21.4. The summed E-state index contributed by atoms with van der Waals surface area (Å²) in [6.07, 6.45) is 0. The number of hydrogen-bond donors (Lipinski definition) is 0. The van der Waals surface area contributed by atoms with E-state index >= 15 is 8.78 Å². The lowest BCUT2D eigenvalue weighted by atomic mass is 10.1. The van der Waals surface area contributed by atoms with Crippen molar-refractivity contribution in [1.82, 2.24) is 39.5 Å². The molecular formula is C44H42F2N8. The Morgan fingerprint density at radius 1 is 0.278 bits per heavy atom. The van der Waals surface area contributed by atoms with Crippen LogP contribution in [0.3, 0.4) is 0 Å². The van der Waals surface area contributed by atoms with Gasteiger partial charge in [0, 0.05) is 101 Å². The third-order valence-corrected chi connectivity index (χ3v) is 10.4. The van der Waals surface area contributed by atoms with Crippen LogP contribution in [0.2, 0.25) is 0 Å². The van der Waals surface area contributed by atoms with Gasteiger partial charge in [-0.15, -0.1) is 0 Å². The van der Waals surface area contributed by atoms with Crippen LogP contribution in [0.5, 0.6) is 0 Å². The molecule has 0 radical (unpaired) electrons. The fraction of sp³-hybridized carbons (Fsp3) is 0.273. The molecule has 0 aliphatic carbocycles. The Balaban J connectivity index is 1.26. The number of rotatable bonds is 0. The zero-order valence-electron chi connectivity index (χ0n) is 30.2. The molecule has 0 spiro atoms. The van der Waals surface area contributed by atoms with Crippen LogP contribution in [-0.4, -0.2) is 39.5 Å². The van der Waals surface area contributed by atoms with Gasteiger partial charge in [0.2, 0.25) is 0 Å². The first-order valence-corrected chi connectivity index (χ1v) is 18.7. The van der Waals surface area contributed by atoms with Gasteiger partial charge in [-0.1, -0.05) is 60.7 Å². The van der Waals surface area contributed by atoms with Gasteiger partial charge in [0.1, 0.15) is 11.6 Å². The highest BCUT2D eigenvalue weighted by Crippen LogP contribution is 2.25. The quantitative estimate of drug-likeness (QED) is 0.162. The van der Waals surface area contributed by atoms with Crippen molar-refractivity contribution < 1.29 is 8.78 Å². The van der Waals surface area contributed by atoms with Gasteiger partial charge in [-0.3, -0.25) is 39.5 Å². The number of hydrogen-bond acceptors (Lipinski definition) is 8. The molecule has 2 aromatic carbocycles. The molecule has 8 nitrogen and oxygen atoms in total. The van der Waals surface area contributed by atoms with Gasteiger partial charge in [-0.25, -0.2) is 8.78 Å². The minimum Gasteiger partial charge on any atom is -0.287 e. The third-order valence-electron chi connectivity index (χ3n) is 10.4. The zero-order chi connectivity index (χ0) is 36.4. The molecule has 16 bridgehead atoms. The lowest BCUT2D eigenvalue weighted by molar-refractivity contribution is 0.218. The van der Waals surface area contributed by atoms with Crippen molar-refractivity contribution in [2.24, 2.45) is 0 Å². The van der Waals surface area contributed by atoms with Crippen molar-refractivity contribution in [3.63, 3.8) is 0 Å². The van der Waals surface area contributed by atoms with E-state index < -0.39 is 0 Å². The van der Waals surface area contributed by atoms with Crippen molar-refractivity contribution in [2.45, 2.75) is 78.5 Å². The summed E-state index contributed by atoms with van der Waals surface area (Å²) in [5.74, 6) is -0.393. The van der Waals surface area contributed by atoms with Crippen LogP contribution in [0.15, 0.2) is 109 Å². The van der Waals surface area contributed by atoms with Crippen molar-refractivity contribution in [3.05, 3.63) is 189 Å². The molecule has 0 fully saturated rings. The summed E-state index contributed by atoms with van der Waals surface area (Å²) in [7, 11) is 0. The first-order valence-electron chi connectivity index (χ1n) is 18.7. The van der Waals surface area contributed by atoms with E-state index in [0.717, 1.165) is 45.6 Å². The number of halogens is 2. The Bertz CT molecular complexity index is 1900. The second-order valence-electron chi connectivity index (χ2n) is 14.8. The number of nitrogens with zero attached hydrogens (tertiary/aromatic N) is 8. The first kappa shape index (κ1) is 34.5. The van der Waals surface area contributed by atoms with E-state index in [1.807, 2.05) is 109 Å². The summed E-state index contributed by atoms with van der Waals surface area (Å²) >= 11 is 0. The molecule has 6 aromatic rings. The topological polar surface area (TPSA) is 64.5 Å². The Labute approximate surface area is 314 Å². The van der Waals surface area contributed by atoms with Crippen LogP contribution < -0.4 is 0 Å². The molecular weight excluding hydrogens is 679 g/mol. The summed E-state index contributed by atoms with van der Waals surface area (Å²) in [4.78, 5) is 29.4. The van der Waals surface area contributed by atoms with Gasteiger partial charge < -0.3 is 0 Å². The van der Waals surface area contributed by atoms with Gasteiger partial charge in [0.05, 0.1) is 45.6 Å². The van der Waals surface area contributed by atoms with E-state index in [9.17, 15) is 0 Å². The molecule has 8 heterocycles. The highest BCUT2D eigenvalue weighted by molar-refractivity contribution is 5.29. The van der Waals surface area contributed by atoms with Crippen molar-refractivity contribution >= 4 is 0 Å². The molecule has 10 heteroatoms. The van der Waals surface area contributed by atoms with Crippen molar-refractivity contribution in [1.29, 1.82) is 0 Å². The second kappa shape index (κ2) is 15.2. The molecule has 0 unspecified atom stereocenters. The van der Waals surface area contributed by atoms with E-state index in [4.69, 9.17) is 19.9 Å². The highest BCUT2D eigenvalue weighted by Gasteiger charge is 2.22. The number of pyridine rings is 4. The average Bonchev–Trinajstić information content (AvgIpc) is 3.14. The molecule has 0 N–H and O–H groups in total. The largest absolute Gasteiger partial charge is 0.287 e. The lowest BCUT2D eigenvalue weighted by Crippen LogP contribution is -2.29. The van der Waals surface area contributed by atoms with Gasteiger partial charge in [0.25, 0.3) is 0 Å². The molecule has 0 saturated carbocycles. The fourth-order valence-electron chi connectivity index (χ4n) is 8.04. The summed E-state index contributed by atoms with van der Waals surface area (Å²) in [6.45, 7) is 5.56. The molecule has 0 saturated heterocycles. The van der Waals surface area contributed by atoms with Crippen LogP contribution in [-0.2, 0) is 78.5 Å².